The lowest BCUT2D eigenvalue weighted by Gasteiger charge is -2.13. The van der Waals surface area contributed by atoms with Gasteiger partial charge in [-0.3, -0.25) is 0 Å². The van der Waals surface area contributed by atoms with Crippen molar-refractivity contribution in [3.05, 3.63) is 64.3 Å². The summed E-state index contributed by atoms with van der Waals surface area (Å²) in [5, 5.41) is 15.0. The third-order valence-electron chi connectivity index (χ3n) is 3.87. The average molecular weight is 370 g/mol. The maximum absolute atomic E-state index is 6.34. The van der Waals surface area contributed by atoms with Crippen molar-refractivity contribution in [2.75, 3.05) is 17.7 Å². The molecule has 0 atom stereocenters. The third kappa shape index (κ3) is 4.21. The van der Waals surface area contributed by atoms with Crippen LogP contribution in [0.15, 0.2) is 42.6 Å². The Morgan fingerprint density at radius 1 is 1.15 bits per heavy atom. The number of hydrogen-bond donors (Lipinski definition) is 2. The van der Waals surface area contributed by atoms with E-state index in [0.717, 1.165) is 28.1 Å². The van der Waals surface area contributed by atoms with Gasteiger partial charge in [-0.1, -0.05) is 35.9 Å². The number of benzene rings is 2. The van der Waals surface area contributed by atoms with Crippen LogP contribution in [0.5, 0.6) is 5.75 Å². The average Bonchev–Trinajstić information content (AvgIpc) is 2.63. The highest BCUT2D eigenvalue weighted by atomic mass is 35.5. The summed E-state index contributed by atoms with van der Waals surface area (Å²) in [5.41, 5.74) is 3.97. The van der Waals surface area contributed by atoms with Crippen LogP contribution in [0.2, 0.25) is 5.02 Å². The fourth-order valence-electron chi connectivity index (χ4n) is 2.66. The first kappa shape index (κ1) is 17.9. The van der Waals surface area contributed by atoms with Gasteiger partial charge < -0.3 is 15.4 Å². The summed E-state index contributed by atoms with van der Waals surface area (Å²) in [6.07, 6.45) is 1.56. The van der Waals surface area contributed by atoms with Gasteiger partial charge in [0, 0.05) is 12.1 Å². The number of nitrogens with one attached hydrogen (secondary N) is 2. The summed E-state index contributed by atoms with van der Waals surface area (Å²) in [6.45, 7) is 4.53. The molecule has 2 aromatic carbocycles. The van der Waals surface area contributed by atoms with Gasteiger partial charge in [0.2, 0.25) is 5.95 Å². The number of anilines is 3. The van der Waals surface area contributed by atoms with E-state index in [1.807, 2.05) is 44.2 Å². The molecule has 0 saturated carbocycles. The minimum atomic E-state index is 0.418. The number of ether oxygens (including phenoxy) is 1. The quantitative estimate of drug-likeness (QED) is 0.666. The van der Waals surface area contributed by atoms with Crippen LogP contribution in [0.3, 0.4) is 0 Å². The van der Waals surface area contributed by atoms with Crippen LogP contribution in [-0.2, 0) is 6.54 Å². The third-order valence-corrected chi connectivity index (χ3v) is 4.17. The van der Waals surface area contributed by atoms with Crippen LogP contribution in [0.1, 0.15) is 16.7 Å². The monoisotopic (exact) mass is 369 g/mol. The summed E-state index contributed by atoms with van der Waals surface area (Å²) in [7, 11) is 1.65. The zero-order valence-corrected chi connectivity index (χ0v) is 15.6. The molecule has 1 aromatic heterocycles. The van der Waals surface area contributed by atoms with E-state index in [2.05, 4.69) is 31.9 Å². The number of rotatable bonds is 6. The summed E-state index contributed by atoms with van der Waals surface area (Å²) < 4.78 is 5.35. The van der Waals surface area contributed by atoms with Gasteiger partial charge in [0.05, 0.1) is 24.0 Å². The molecular formula is C19H20ClN5O. The number of methoxy groups -OCH3 is 1. The topological polar surface area (TPSA) is 72.0 Å². The Kier molecular flexibility index (Phi) is 5.53. The molecule has 0 unspecified atom stereocenters. The fourth-order valence-corrected chi connectivity index (χ4v) is 3.03. The van der Waals surface area contributed by atoms with Crippen LogP contribution in [0, 0.1) is 13.8 Å². The van der Waals surface area contributed by atoms with E-state index in [0.29, 0.717) is 23.3 Å². The van der Waals surface area contributed by atoms with Crippen LogP contribution in [-0.4, -0.2) is 22.3 Å². The van der Waals surface area contributed by atoms with Crippen LogP contribution < -0.4 is 15.4 Å². The molecule has 0 bridgehead atoms. The Labute approximate surface area is 157 Å². The Bertz CT molecular complexity index is 893. The molecule has 7 heteroatoms. The number of aryl methyl sites for hydroxylation is 2. The lowest BCUT2D eigenvalue weighted by Crippen LogP contribution is -2.07. The summed E-state index contributed by atoms with van der Waals surface area (Å²) in [6, 6.07) is 11.8. The molecule has 134 valence electrons. The summed E-state index contributed by atoms with van der Waals surface area (Å²) >= 11 is 6.34. The van der Waals surface area contributed by atoms with E-state index in [-0.39, 0.29) is 0 Å². The number of aromatic nitrogens is 3. The zero-order chi connectivity index (χ0) is 18.5. The molecule has 6 nitrogen and oxygen atoms in total. The smallest absolute Gasteiger partial charge is 0.244 e. The van der Waals surface area contributed by atoms with E-state index in [1.54, 1.807) is 13.3 Å². The van der Waals surface area contributed by atoms with Crippen LogP contribution in [0.25, 0.3) is 0 Å². The van der Waals surface area contributed by atoms with Gasteiger partial charge in [-0.25, -0.2) is 0 Å². The molecule has 0 amide bonds. The number of para-hydroxylation sites is 1. The molecule has 0 saturated heterocycles. The predicted molar refractivity (Wildman–Crippen MR) is 104 cm³/mol. The largest absolute Gasteiger partial charge is 0.496 e. The molecule has 2 N–H and O–H groups in total. The Morgan fingerprint density at radius 2 is 1.96 bits per heavy atom. The molecule has 26 heavy (non-hydrogen) atoms. The van der Waals surface area contributed by atoms with Gasteiger partial charge in [0.1, 0.15) is 5.75 Å². The zero-order valence-electron chi connectivity index (χ0n) is 14.9. The van der Waals surface area contributed by atoms with Crippen LogP contribution >= 0.6 is 11.6 Å². The highest BCUT2D eigenvalue weighted by Gasteiger charge is 2.08. The minimum absolute atomic E-state index is 0.418. The Morgan fingerprint density at radius 3 is 2.73 bits per heavy atom. The molecule has 0 spiro atoms. The van der Waals surface area contributed by atoms with Crippen molar-refractivity contribution < 1.29 is 4.74 Å². The Balaban J connectivity index is 1.75. The van der Waals surface area contributed by atoms with Gasteiger partial charge >= 0.3 is 0 Å². The lowest BCUT2D eigenvalue weighted by molar-refractivity contribution is 0.410. The molecule has 0 aliphatic rings. The van der Waals surface area contributed by atoms with Gasteiger partial charge in [-0.2, -0.15) is 10.1 Å². The van der Waals surface area contributed by atoms with Crippen molar-refractivity contribution >= 4 is 29.1 Å². The van der Waals surface area contributed by atoms with E-state index in [9.17, 15) is 0 Å². The van der Waals surface area contributed by atoms with Crippen molar-refractivity contribution in [3.63, 3.8) is 0 Å². The SMILES string of the molecule is COc1ccccc1CNc1nncc(Nc2c(C)cc(C)cc2Cl)n1. The van der Waals surface area contributed by atoms with Crippen molar-refractivity contribution in [3.8, 4) is 5.75 Å². The molecule has 0 aliphatic carbocycles. The number of halogens is 1. The van der Waals surface area contributed by atoms with E-state index >= 15 is 0 Å². The second-order valence-corrected chi connectivity index (χ2v) is 6.30. The van der Waals surface area contributed by atoms with Crippen LogP contribution in [0.4, 0.5) is 17.5 Å². The lowest BCUT2D eigenvalue weighted by atomic mass is 10.1. The molecule has 0 fully saturated rings. The molecule has 1 heterocycles. The maximum Gasteiger partial charge on any atom is 0.244 e. The van der Waals surface area contributed by atoms with Crippen molar-refractivity contribution in [1.82, 2.24) is 15.2 Å². The fraction of sp³-hybridized carbons (Fsp3) is 0.211. The number of nitrogens with zero attached hydrogens (tertiary/aromatic N) is 3. The summed E-state index contributed by atoms with van der Waals surface area (Å²) in [5.74, 6) is 1.79. The van der Waals surface area contributed by atoms with Crippen molar-refractivity contribution in [1.29, 1.82) is 0 Å². The van der Waals surface area contributed by atoms with Crippen molar-refractivity contribution in [2.45, 2.75) is 20.4 Å². The molecule has 3 rings (SSSR count). The van der Waals surface area contributed by atoms with E-state index in [1.165, 1.54) is 0 Å². The maximum atomic E-state index is 6.34. The normalized spacial score (nSPS) is 10.5. The van der Waals surface area contributed by atoms with Gasteiger partial charge in [-0.15, -0.1) is 5.10 Å². The van der Waals surface area contributed by atoms with Gasteiger partial charge in [0.15, 0.2) is 5.82 Å². The molecular weight excluding hydrogens is 350 g/mol. The van der Waals surface area contributed by atoms with Crippen molar-refractivity contribution in [2.24, 2.45) is 0 Å². The molecule has 0 aliphatic heterocycles. The second kappa shape index (κ2) is 8.01. The highest BCUT2D eigenvalue weighted by molar-refractivity contribution is 6.33. The highest BCUT2D eigenvalue weighted by Crippen LogP contribution is 2.29. The number of hydrogen-bond acceptors (Lipinski definition) is 6. The predicted octanol–water partition coefficient (Wildman–Crippen LogP) is 4.51. The minimum Gasteiger partial charge on any atom is -0.496 e. The first-order chi connectivity index (χ1) is 12.6. The van der Waals surface area contributed by atoms with Gasteiger partial charge in [0.25, 0.3) is 0 Å². The standard InChI is InChI=1S/C19H20ClN5O/c1-12-8-13(2)18(15(20)9-12)23-17-11-22-25-19(24-17)21-10-14-6-4-5-7-16(14)26-3/h4-9,11H,10H2,1-3H3,(H2,21,23,24,25). The van der Waals surface area contributed by atoms with Gasteiger partial charge in [-0.05, 0) is 37.1 Å². The molecule has 0 radical (unpaired) electrons. The Hall–Kier alpha value is -2.86. The summed E-state index contributed by atoms with van der Waals surface area (Å²) in [4.78, 5) is 4.45. The van der Waals surface area contributed by atoms with E-state index < -0.39 is 0 Å². The first-order valence-electron chi connectivity index (χ1n) is 8.16. The first-order valence-corrected chi connectivity index (χ1v) is 8.54. The molecule has 3 aromatic rings. The second-order valence-electron chi connectivity index (χ2n) is 5.89. The van der Waals surface area contributed by atoms with E-state index in [4.69, 9.17) is 16.3 Å².